The number of carbonyl (C=O) groups excluding carboxylic acids is 2. The first-order valence-corrected chi connectivity index (χ1v) is 8.75. The van der Waals surface area contributed by atoms with Gasteiger partial charge in [-0.2, -0.15) is 0 Å². The molecule has 130 valence electrons. The summed E-state index contributed by atoms with van der Waals surface area (Å²) >= 11 is 0. The van der Waals surface area contributed by atoms with Gasteiger partial charge in [-0.15, -0.1) is 0 Å². The number of hydrogen-bond donors (Lipinski definition) is 2. The highest BCUT2D eigenvalue weighted by Crippen LogP contribution is 2.47. The van der Waals surface area contributed by atoms with E-state index in [1.54, 1.807) is 4.90 Å². The van der Waals surface area contributed by atoms with Crippen molar-refractivity contribution in [3.05, 3.63) is 23.2 Å². The first-order valence-electron chi connectivity index (χ1n) is 8.75. The molecular formula is C18H25N3O3. The Kier molecular flexibility index (Phi) is 3.33. The third-order valence-electron chi connectivity index (χ3n) is 6.04. The quantitative estimate of drug-likeness (QED) is 0.817. The van der Waals surface area contributed by atoms with Gasteiger partial charge in [-0.05, 0) is 18.3 Å². The molecule has 1 spiro atoms. The monoisotopic (exact) mass is 331 g/mol. The number of nitrogens with two attached hydrogens (primary N) is 1. The van der Waals surface area contributed by atoms with Crippen LogP contribution in [0.25, 0.3) is 0 Å². The minimum absolute atomic E-state index is 0.0356. The number of fused-ring (bicyclic) bond motifs is 1. The molecule has 1 saturated carbocycles. The van der Waals surface area contributed by atoms with Gasteiger partial charge in [-0.3, -0.25) is 9.59 Å². The zero-order valence-corrected chi connectivity index (χ0v) is 14.4. The van der Waals surface area contributed by atoms with Gasteiger partial charge >= 0.3 is 0 Å². The Morgan fingerprint density at radius 3 is 2.79 bits per heavy atom. The second-order valence-corrected chi connectivity index (χ2v) is 8.48. The van der Waals surface area contributed by atoms with Crippen LogP contribution in [0.2, 0.25) is 0 Å². The van der Waals surface area contributed by atoms with E-state index < -0.39 is 0 Å². The number of nitrogens with zero attached hydrogens (tertiary/aromatic N) is 1. The third kappa shape index (κ3) is 2.27. The van der Waals surface area contributed by atoms with Crippen LogP contribution in [0.5, 0.6) is 0 Å². The van der Waals surface area contributed by atoms with Crippen molar-refractivity contribution in [3.8, 4) is 0 Å². The molecule has 6 heteroatoms. The van der Waals surface area contributed by atoms with Crippen molar-refractivity contribution >= 4 is 11.8 Å². The van der Waals surface area contributed by atoms with Crippen molar-refractivity contribution < 1.29 is 14.0 Å². The molecule has 1 unspecified atom stereocenters. The van der Waals surface area contributed by atoms with Crippen LogP contribution in [0.3, 0.4) is 0 Å². The lowest BCUT2D eigenvalue weighted by molar-refractivity contribution is 0.0721. The Morgan fingerprint density at radius 1 is 1.42 bits per heavy atom. The maximum atomic E-state index is 13.0. The minimum Gasteiger partial charge on any atom is -0.468 e. The lowest BCUT2D eigenvalue weighted by Crippen LogP contribution is -2.45. The van der Waals surface area contributed by atoms with Gasteiger partial charge in [0, 0.05) is 37.5 Å². The second kappa shape index (κ2) is 5.09. The minimum atomic E-state index is -0.213. The van der Waals surface area contributed by atoms with Crippen LogP contribution in [0.4, 0.5) is 0 Å². The van der Waals surface area contributed by atoms with Crippen molar-refractivity contribution in [1.29, 1.82) is 0 Å². The summed E-state index contributed by atoms with van der Waals surface area (Å²) in [6, 6.07) is 0.0356. The predicted molar refractivity (Wildman–Crippen MR) is 88.7 cm³/mol. The number of hydrogen-bond acceptors (Lipinski definition) is 4. The van der Waals surface area contributed by atoms with E-state index in [0.29, 0.717) is 42.9 Å². The second-order valence-electron chi connectivity index (χ2n) is 8.48. The largest absolute Gasteiger partial charge is 0.468 e. The van der Waals surface area contributed by atoms with E-state index in [4.69, 9.17) is 10.2 Å². The number of rotatable bonds is 1. The summed E-state index contributed by atoms with van der Waals surface area (Å²) in [5.41, 5.74) is 7.08. The van der Waals surface area contributed by atoms with Crippen molar-refractivity contribution in [3.63, 3.8) is 0 Å². The molecule has 1 aliphatic carbocycles. The Hall–Kier alpha value is -1.82. The Morgan fingerprint density at radius 2 is 2.17 bits per heavy atom. The van der Waals surface area contributed by atoms with Crippen LogP contribution < -0.4 is 11.1 Å². The van der Waals surface area contributed by atoms with Crippen molar-refractivity contribution in [2.75, 3.05) is 19.6 Å². The molecule has 3 aliphatic rings. The van der Waals surface area contributed by atoms with E-state index >= 15 is 0 Å². The Labute approximate surface area is 141 Å². The van der Waals surface area contributed by atoms with Crippen LogP contribution in [0, 0.1) is 10.8 Å². The molecule has 2 aliphatic heterocycles. The summed E-state index contributed by atoms with van der Waals surface area (Å²) < 4.78 is 5.63. The van der Waals surface area contributed by atoms with E-state index in [1.807, 2.05) is 0 Å². The molecule has 2 amide bonds. The first-order chi connectivity index (χ1) is 11.3. The van der Waals surface area contributed by atoms with Gasteiger partial charge in [0.1, 0.15) is 12.0 Å². The van der Waals surface area contributed by atoms with E-state index in [0.717, 1.165) is 12.8 Å². The van der Waals surface area contributed by atoms with Crippen LogP contribution in [-0.4, -0.2) is 42.4 Å². The summed E-state index contributed by atoms with van der Waals surface area (Å²) in [6.07, 6.45) is 5.46. The molecule has 3 heterocycles. The van der Waals surface area contributed by atoms with E-state index in [2.05, 4.69) is 19.2 Å². The van der Waals surface area contributed by atoms with Gasteiger partial charge in [0.15, 0.2) is 0 Å². The molecule has 2 fully saturated rings. The Balaban J connectivity index is 1.63. The highest BCUT2D eigenvalue weighted by molar-refractivity contribution is 6.08. The van der Waals surface area contributed by atoms with Crippen molar-refractivity contribution in [2.45, 2.75) is 45.6 Å². The standard InChI is InChI=1S/C18H25N3O3/c1-17(2)6-12-14(15(22)20-9-17)11(8-24-12)16(23)21-7-13(19)18(10-21)4-3-5-18/h8,13H,3-7,9-10,19H2,1-2H3,(H,20,22). The molecular weight excluding hydrogens is 306 g/mol. The van der Waals surface area contributed by atoms with E-state index in [9.17, 15) is 9.59 Å². The lowest BCUT2D eigenvalue weighted by atomic mass is 9.66. The van der Waals surface area contributed by atoms with E-state index in [1.165, 1.54) is 12.7 Å². The predicted octanol–water partition coefficient (Wildman–Crippen LogP) is 1.55. The van der Waals surface area contributed by atoms with Gasteiger partial charge in [0.05, 0.1) is 11.1 Å². The van der Waals surface area contributed by atoms with Gasteiger partial charge in [-0.25, -0.2) is 0 Å². The summed E-state index contributed by atoms with van der Waals surface area (Å²) in [4.78, 5) is 27.3. The van der Waals surface area contributed by atoms with Gasteiger partial charge in [0.2, 0.25) is 0 Å². The molecule has 1 saturated heterocycles. The number of furan rings is 1. The molecule has 1 aromatic heterocycles. The molecule has 3 N–H and O–H groups in total. The molecule has 6 nitrogen and oxygen atoms in total. The fraction of sp³-hybridized carbons (Fsp3) is 0.667. The summed E-state index contributed by atoms with van der Waals surface area (Å²) in [5.74, 6) is 0.267. The lowest BCUT2D eigenvalue weighted by Gasteiger charge is -2.41. The van der Waals surface area contributed by atoms with Gasteiger partial charge < -0.3 is 20.4 Å². The van der Waals surface area contributed by atoms with Crippen molar-refractivity contribution in [1.82, 2.24) is 10.2 Å². The zero-order chi connectivity index (χ0) is 17.1. The summed E-state index contributed by atoms with van der Waals surface area (Å²) in [6.45, 7) is 5.98. The van der Waals surface area contributed by atoms with Crippen LogP contribution in [0.1, 0.15) is 59.6 Å². The highest BCUT2D eigenvalue weighted by Gasteiger charge is 2.50. The smallest absolute Gasteiger partial charge is 0.258 e. The highest BCUT2D eigenvalue weighted by atomic mass is 16.3. The van der Waals surface area contributed by atoms with Gasteiger partial charge in [0.25, 0.3) is 11.8 Å². The molecule has 1 atom stereocenters. The maximum Gasteiger partial charge on any atom is 0.258 e. The molecule has 0 bridgehead atoms. The van der Waals surface area contributed by atoms with E-state index in [-0.39, 0.29) is 28.7 Å². The summed E-state index contributed by atoms with van der Waals surface area (Å²) in [7, 11) is 0. The number of carbonyl (C=O) groups is 2. The zero-order valence-electron chi connectivity index (χ0n) is 14.4. The topological polar surface area (TPSA) is 88.6 Å². The summed E-state index contributed by atoms with van der Waals surface area (Å²) in [5, 5.41) is 2.92. The molecule has 1 aromatic rings. The fourth-order valence-electron chi connectivity index (χ4n) is 4.32. The van der Waals surface area contributed by atoms with Crippen molar-refractivity contribution in [2.24, 2.45) is 16.6 Å². The first kappa shape index (κ1) is 15.7. The SMILES string of the molecule is CC1(C)CNC(=O)c2c(C(=O)N3CC(N)C4(CCC4)C3)coc2C1. The number of amides is 2. The Bertz CT molecular complexity index is 702. The third-order valence-corrected chi connectivity index (χ3v) is 6.04. The molecule has 4 rings (SSSR count). The average molecular weight is 331 g/mol. The van der Waals surface area contributed by atoms with Crippen LogP contribution in [-0.2, 0) is 6.42 Å². The molecule has 0 radical (unpaired) electrons. The number of nitrogens with one attached hydrogen (secondary N) is 1. The molecule has 0 aromatic carbocycles. The maximum absolute atomic E-state index is 13.0. The fourth-order valence-corrected chi connectivity index (χ4v) is 4.32. The molecule has 24 heavy (non-hydrogen) atoms. The van der Waals surface area contributed by atoms with Gasteiger partial charge in [-0.1, -0.05) is 20.3 Å². The average Bonchev–Trinajstić information content (AvgIpc) is 3.01. The number of likely N-dealkylation sites (tertiary alicyclic amines) is 1. The van der Waals surface area contributed by atoms with Crippen LogP contribution in [0.15, 0.2) is 10.7 Å². The van der Waals surface area contributed by atoms with Crippen LogP contribution >= 0.6 is 0 Å². The normalized spacial score (nSPS) is 27.4.